The highest BCUT2D eigenvalue weighted by Crippen LogP contribution is 2.32. The standard InChI is InChI=1S/C25H37N3O2.C5H11NO2/c1-5-28(22-11-7-6-8-12-22)24-19-21(18-23(20(24)2)25(29)30-4)10-9-13-27-16-14-26(3)15-17-27;1-5(2,3)8-4(6)7/h18-19,22H,5-8,11-17H2,1-4H3;1-3H3,(H2,6,7). The van der Waals surface area contributed by atoms with Crippen LogP contribution in [0, 0.1) is 18.8 Å². The molecule has 3 rings (SSSR count). The Morgan fingerprint density at radius 2 is 1.74 bits per heavy atom. The third-order valence-electron chi connectivity index (χ3n) is 6.99. The lowest BCUT2D eigenvalue weighted by Crippen LogP contribution is -2.44. The average Bonchev–Trinajstić information content (AvgIpc) is 2.86. The Balaban J connectivity index is 0.000000550. The molecule has 1 aromatic carbocycles. The Morgan fingerprint density at radius 1 is 1.11 bits per heavy atom. The molecule has 8 heteroatoms. The molecule has 2 fully saturated rings. The van der Waals surface area contributed by atoms with Crippen LogP contribution in [0.25, 0.3) is 0 Å². The second kappa shape index (κ2) is 15.0. The summed E-state index contributed by atoms with van der Waals surface area (Å²) >= 11 is 0. The predicted octanol–water partition coefficient (Wildman–Crippen LogP) is 4.42. The first-order chi connectivity index (χ1) is 17.9. The lowest BCUT2D eigenvalue weighted by molar-refractivity contribution is 0.0589. The topological polar surface area (TPSA) is 88.3 Å². The zero-order valence-corrected chi connectivity index (χ0v) is 24.6. The molecule has 1 aliphatic heterocycles. The number of anilines is 1. The van der Waals surface area contributed by atoms with Gasteiger partial charge >= 0.3 is 12.1 Å². The maximum Gasteiger partial charge on any atom is 0.405 e. The van der Waals surface area contributed by atoms with Gasteiger partial charge in [0.2, 0.25) is 0 Å². The smallest absolute Gasteiger partial charge is 0.405 e. The first kappa shape index (κ1) is 31.5. The third kappa shape index (κ3) is 10.2. The van der Waals surface area contributed by atoms with Crippen molar-refractivity contribution in [3.8, 4) is 11.8 Å². The number of piperazine rings is 1. The van der Waals surface area contributed by atoms with Crippen molar-refractivity contribution in [2.45, 2.75) is 78.4 Å². The Kier molecular flexibility index (Phi) is 12.4. The maximum absolute atomic E-state index is 12.5. The van der Waals surface area contributed by atoms with Crippen LogP contribution in [0.3, 0.4) is 0 Å². The van der Waals surface area contributed by atoms with Gasteiger partial charge in [-0.05, 0) is 72.2 Å². The van der Waals surface area contributed by atoms with Gasteiger partial charge in [-0.3, -0.25) is 4.90 Å². The minimum atomic E-state index is -0.725. The zero-order chi connectivity index (χ0) is 28.3. The highest BCUT2D eigenvalue weighted by molar-refractivity contribution is 5.93. The summed E-state index contributed by atoms with van der Waals surface area (Å²) in [4.78, 5) is 29.7. The van der Waals surface area contributed by atoms with Crippen molar-refractivity contribution in [2.75, 3.05) is 58.3 Å². The summed E-state index contributed by atoms with van der Waals surface area (Å²) in [6.45, 7) is 15.5. The average molecular weight is 529 g/mol. The largest absolute Gasteiger partial charge is 0.465 e. The van der Waals surface area contributed by atoms with E-state index in [-0.39, 0.29) is 5.97 Å². The van der Waals surface area contributed by atoms with Crippen molar-refractivity contribution in [3.63, 3.8) is 0 Å². The lowest BCUT2D eigenvalue weighted by Gasteiger charge is -2.36. The van der Waals surface area contributed by atoms with Crippen LogP contribution >= 0.6 is 0 Å². The molecule has 2 N–H and O–H groups in total. The second-order valence-electron chi connectivity index (χ2n) is 11.2. The van der Waals surface area contributed by atoms with Crippen LogP contribution in [0.2, 0.25) is 0 Å². The molecule has 1 saturated heterocycles. The third-order valence-corrected chi connectivity index (χ3v) is 6.99. The molecule has 1 amide bonds. The Morgan fingerprint density at radius 3 is 2.24 bits per heavy atom. The number of amides is 1. The highest BCUT2D eigenvalue weighted by atomic mass is 16.6. The Hall–Kier alpha value is -2.76. The second-order valence-corrected chi connectivity index (χ2v) is 11.2. The van der Waals surface area contributed by atoms with Crippen molar-refractivity contribution in [1.82, 2.24) is 9.80 Å². The van der Waals surface area contributed by atoms with Gasteiger partial charge in [0.25, 0.3) is 0 Å². The molecule has 8 nitrogen and oxygen atoms in total. The summed E-state index contributed by atoms with van der Waals surface area (Å²) in [5.41, 5.74) is 7.93. The number of primary amides is 1. The quantitative estimate of drug-likeness (QED) is 0.447. The van der Waals surface area contributed by atoms with E-state index in [0.717, 1.165) is 56.1 Å². The number of likely N-dealkylation sites (N-methyl/N-ethyl adjacent to an activating group) is 1. The molecule has 0 radical (unpaired) electrons. The van der Waals surface area contributed by atoms with E-state index < -0.39 is 11.7 Å². The fraction of sp³-hybridized carbons (Fsp3) is 0.667. The molecule has 1 saturated carbocycles. The van der Waals surface area contributed by atoms with E-state index in [2.05, 4.69) is 51.3 Å². The van der Waals surface area contributed by atoms with Gasteiger partial charge in [-0.1, -0.05) is 31.1 Å². The SMILES string of the molecule is CC(C)(C)OC(N)=O.CCN(c1cc(C#CCN2CCN(C)CC2)cc(C(=O)OC)c1C)C1CCCCC1. The fourth-order valence-corrected chi connectivity index (χ4v) is 4.97. The van der Waals surface area contributed by atoms with Crippen molar-refractivity contribution in [3.05, 3.63) is 28.8 Å². The summed E-state index contributed by atoms with van der Waals surface area (Å²) in [7, 11) is 3.61. The van der Waals surface area contributed by atoms with E-state index in [1.54, 1.807) is 20.8 Å². The van der Waals surface area contributed by atoms with Gasteiger partial charge in [-0.15, -0.1) is 0 Å². The molecule has 0 atom stereocenters. The molecular weight excluding hydrogens is 480 g/mol. The van der Waals surface area contributed by atoms with Crippen LogP contribution in [0.5, 0.6) is 0 Å². The number of nitrogens with zero attached hydrogens (tertiary/aromatic N) is 3. The zero-order valence-electron chi connectivity index (χ0n) is 24.6. The maximum atomic E-state index is 12.5. The highest BCUT2D eigenvalue weighted by Gasteiger charge is 2.24. The van der Waals surface area contributed by atoms with Crippen molar-refractivity contribution in [1.29, 1.82) is 0 Å². The van der Waals surface area contributed by atoms with Gasteiger partial charge in [0, 0.05) is 50.0 Å². The van der Waals surface area contributed by atoms with Crippen LogP contribution in [0.15, 0.2) is 12.1 Å². The Bertz CT molecular complexity index is 978. The van der Waals surface area contributed by atoms with Crippen LogP contribution < -0.4 is 10.6 Å². The predicted molar refractivity (Wildman–Crippen MR) is 154 cm³/mol. The number of hydrogen-bond donors (Lipinski definition) is 1. The summed E-state index contributed by atoms with van der Waals surface area (Å²) in [6, 6.07) is 4.62. The number of esters is 1. The molecule has 1 aliphatic carbocycles. The molecule has 0 spiro atoms. The first-order valence-electron chi connectivity index (χ1n) is 13.8. The normalized spacial score (nSPS) is 16.9. The minimum Gasteiger partial charge on any atom is -0.465 e. The minimum absolute atomic E-state index is 0.281. The molecular formula is C30H48N4O4. The monoisotopic (exact) mass is 528 g/mol. The fourth-order valence-electron chi connectivity index (χ4n) is 4.97. The molecule has 1 heterocycles. The van der Waals surface area contributed by atoms with Crippen LogP contribution in [0.4, 0.5) is 10.5 Å². The van der Waals surface area contributed by atoms with Crippen molar-refractivity contribution < 1.29 is 19.1 Å². The number of methoxy groups -OCH3 is 1. The number of rotatable bonds is 5. The van der Waals surface area contributed by atoms with E-state index >= 15 is 0 Å². The van der Waals surface area contributed by atoms with E-state index in [1.807, 2.05) is 13.0 Å². The molecule has 38 heavy (non-hydrogen) atoms. The van der Waals surface area contributed by atoms with Crippen LogP contribution in [-0.4, -0.2) is 86.9 Å². The number of ether oxygens (including phenoxy) is 2. The Labute approximate surface area is 229 Å². The van der Waals surface area contributed by atoms with E-state index in [9.17, 15) is 9.59 Å². The van der Waals surface area contributed by atoms with E-state index in [1.165, 1.54) is 39.2 Å². The lowest BCUT2D eigenvalue weighted by atomic mass is 9.92. The number of benzene rings is 1. The molecule has 0 aromatic heterocycles. The van der Waals surface area contributed by atoms with E-state index in [4.69, 9.17) is 10.5 Å². The number of hydrogen-bond acceptors (Lipinski definition) is 7. The molecule has 1 aromatic rings. The molecule has 0 bridgehead atoms. The summed E-state index contributed by atoms with van der Waals surface area (Å²) < 4.78 is 9.65. The summed E-state index contributed by atoms with van der Waals surface area (Å²) in [5.74, 6) is 6.39. The summed E-state index contributed by atoms with van der Waals surface area (Å²) in [6.07, 6.45) is 5.62. The first-order valence-corrected chi connectivity index (χ1v) is 13.8. The van der Waals surface area contributed by atoms with Gasteiger partial charge in [0.15, 0.2) is 0 Å². The number of carbonyl (C=O) groups is 2. The van der Waals surface area contributed by atoms with Crippen molar-refractivity contribution in [2.24, 2.45) is 5.73 Å². The van der Waals surface area contributed by atoms with E-state index in [0.29, 0.717) is 11.6 Å². The van der Waals surface area contributed by atoms with Crippen LogP contribution in [0.1, 0.15) is 81.3 Å². The summed E-state index contributed by atoms with van der Waals surface area (Å²) in [5, 5.41) is 0. The van der Waals surface area contributed by atoms with Crippen LogP contribution in [-0.2, 0) is 9.47 Å². The molecule has 2 aliphatic rings. The number of nitrogens with two attached hydrogens (primary N) is 1. The molecule has 0 unspecified atom stereocenters. The molecule has 212 valence electrons. The van der Waals surface area contributed by atoms with Gasteiger partial charge < -0.3 is 25.0 Å². The number of carbonyl (C=O) groups excluding carboxylic acids is 2. The van der Waals surface area contributed by atoms with Crippen molar-refractivity contribution >= 4 is 17.7 Å². The van der Waals surface area contributed by atoms with Gasteiger partial charge in [0.05, 0.1) is 19.2 Å². The van der Waals surface area contributed by atoms with Gasteiger partial charge in [-0.25, -0.2) is 9.59 Å². The van der Waals surface area contributed by atoms with Gasteiger partial charge in [0.1, 0.15) is 5.60 Å². The van der Waals surface area contributed by atoms with Gasteiger partial charge in [-0.2, -0.15) is 0 Å².